The van der Waals surface area contributed by atoms with E-state index >= 15 is 0 Å². The summed E-state index contributed by atoms with van der Waals surface area (Å²) in [7, 11) is 3.50. The monoisotopic (exact) mass is 325 g/mol. The number of likely N-dealkylation sites (N-methyl/N-ethyl adjacent to an activating group) is 1. The number of rotatable bonds is 4. The van der Waals surface area contributed by atoms with Crippen molar-refractivity contribution in [2.75, 3.05) is 14.1 Å². The molecule has 2 heterocycles. The van der Waals surface area contributed by atoms with Gasteiger partial charge in [-0.15, -0.1) is 0 Å². The van der Waals surface area contributed by atoms with Gasteiger partial charge in [-0.05, 0) is 22.9 Å². The summed E-state index contributed by atoms with van der Waals surface area (Å²) in [6.45, 7) is 2.42. The molecule has 2 aromatic heterocycles. The molecule has 7 heteroatoms. The van der Waals surface area contributed by atoms with E-state index in [2.05, 4.69) is 31.2 Å². The smallest absolute Gasteiger partial charge is 0.238 e. The van der Waals surface area contributed by atoms with Gasteiger partial charge < -0.3 is 10.2 Å². The van der Waals surface area contributed by atoms with Crippen LogP contribution < -0.4 is 5.32 Å². The van der Waals surface area contributed by atoms with Crippen LogP contribution in [0.4, 0.5) is 0 Å². The molecule has 0 aliphatic heterocycles. The first kappa shape index (κ1) is 14.0. The molecule has 1 N–H and O–H groups in total. The van der Waals surface area contributed by atoms with Crippen LogP contribution in [0, 0.1) is 0 Å². The summed E-state index contributed by atoms with van der Waals surface area (Å²) < 4.78 is 2.69. The molecule has 0 aromatic carbocycles. The fourth-order valence-electron chi connectivity index (χ4n) is 1.78. The number of halogens is 1. The molecule has 0 spiro atoms. The highest BCUT2D eigenvalue weighted by Gasteiger charge is 2.14. The molecule has 0 saturated carbocycles. The summed E-state index contributed by atoms with van der Waals surface area (Å²) >= 11 is 3.33. The summed E-state index contributed by atoms with van der Waals surface area (Å²) in [6.07, 6.45) is 5.34. The standard InChI is InChI=1S/C12H16BrN5O/c1-8(12(19)17(2)3)14-4-9-5-16-11-6-15-10(13)7-18(9)11/h5-8,14H,4H2,1-3H3. The molecule has 0 aliphatic rings. The Morgan fingerprint density at radius 1 is 1.47 bits per heavy atom. The first-order valence-electron chi connectivity index (χ1n) is 5.91. The Kier molecular flexibility index (Phi) is 4.16. The molecule has 0 aliphatic carbocycles. The van der Waals surface area contributed by atoms with Crippen LogP contribution >= 0.6 is 15.9 Å². The maximum absolute atomic E-state index is 11.7. The fourth-order valence-corrected chi connectivity index (χ4v) is 2.09. The third kappa shape index (κ3) is 3.10. The molecule has 19 heavy (non-hydrogen) atoms. The van der Waals surface area contributed by atoms with Crippen molar-refractivity contribution in [3.05, 3.63) is 28.9 Å². The minimum Gasteiger partial charge on any atom is -0.347 e. The van der Waals surface area contributed by atoms with Crippen molar-refractivity contribution in [1.29, 1.82) is 0 Å². The van der Waals surface area contributed by atoms with E-state index in [9.17, 15) is 4.79 Å². The van der Waals surface area contributed by atoms with Crippen molar-refractivity contribution in [1.82, 2.24) is 24.6 Å². The number of nitrogens with one attached hydrogen (secondary N) is 1. The van der Waals surface area contributed by atoms with E-state index in [0.29, 0.717) is 6.54 Å². The Bertz CT molecular complexity index is 595. The van der Waals surface area contributed by atoms with Gasteiger partial charge in [0.05, 0.1) is 24.1 Å². The van der Waals surface area contributed by atoms with E-state index in [1.165, 1.54) is 0 Å². The zero-order valence-electron chi connectivity index (χ0n) is 11.1. The van der Waals surface area contributed by atoms with Crippen LogP contribution in [0.5, 0.6) is 0 Å². The second kappa shape index (κ2) is 5.66. The van der Waals surface area contributed by atoms with Gasteiger partial charge in [-0.3, -0.25) is 9.20 Å². The molecule has 2 aromatic rings. The van der Waals surface area contributed by atoms with E-state index in [-0.39, 0.29) is 11.9 Å². The lowest BCUT2D eigenvalue weighted by Gasteiger charge is -2.17. The number of imidazole rings is 1. The molecule has 2 rings (SSSR count). The highest BCUT2D eigenvalue weighted by molar-refractivity contribution is 9.10. The molecule has 0 bridgehead atoms. The number of aromatic nitrogens is 3. The average Bonchev–Trinajstić information content (AvgIpc) is 2.77. The second-order valence-corrected chi connectivity index (χ2v) is 5.34. The third-order valence-corrected chi connectivity index (χ3v) is 3.25. The summed E-state index contributed by atoms with van der Waals surface area (Å²) in [5, 5.41) is 3.19. The molecule has 1 atom stereocenters. The summed E-state index contributed by atoms with van der Waals surface area (Å²) in [4.78, 5) is 21.7. The lowest BCUT2D eigenvalue weighted by molar-refractivity contribution is -0.130. The molecular formula is C12H16BrN5O. The van der Waals surface area contributed by atoms with Crippen molar-refractivity contribution in [3.63, 3.8) is 0 Å². The third-order valence-electron chi connectivity index (χ3n) is 2.84. The van der Waals surface area contributed by atoms with E-state index < -0.39 is 0 Å². The highest BCUT2D eigenvalue weighted by Crippen LogP contribution is 2.10. The van der Waals surface area contributed by atoms with Gasteiger partial charge in [0.15, 0.2) is 5.65 Å². The second-order valence-electron chi connectivity index (χ2n) is 4.52. The number of fused-ring (bicyclic) bond motifs is 1. The van der Waals surface area contributed by atoms with Crippen LogP contribution in [0.3, 0.4) is 0 Å². The van der Waals surface area contributed by atoms with Gasteiger partial charge >= 0.3 is 0 Å². The lowest BCUT2D eigenvalue weighted by Crippen LogP contribution is -2.41. The van der Waals surface area contributed by atoms with Gasteiger partial charge in [0.1, 0.15) is 4.60 Å². The molecule has 0 radical (unpaired) electrons. The minimum absolute atomic E-state index is 0.0525. The Labute approximate surface area is 120 Å². The summed E-state index contributed by atoms with van der Waals surface area (Å²) in [5.41, 5.74) is 1.77. The first-order valence-corrected chi connectivity index (χ1v) is 6.70. The quantitative estimate of drug-likeness (QED) is 0.913. The van der Waals surface area contributed by atoms with Crippen molar-refractivity contribution >= 4 is 27.5 Å². The van der Waals surface area contributed by atoms with Gasteiger partial charge in [-0.2, -0.15) is 0 Å². The Hall–Kier alpha value is -1.47. The van der Waals surface area contributed by atoms with Gasteiger partial charge in [0.2, 0.25) is 5.91 Å². The first-order chi connectivity index (χ1) is 8.99. The summed E-state index contributed by atoms with van der Waals surface area (Å²) in [5.74, 6) is 0.0525. The molecule has 6 nitrogen and oxygen atoms in total. The number of amides is 1. The van der Waals surface area contributed by atoms with Crippen LogP contribution in [0.25, 0.3) is 5.65 Å². The zero-order valence-corrected chi connectivity index (χ0v) is 12.7. The van der Waals surface area contributed by atoms with Crippen LogP contribution in [-0.2, 0) is 11.3 Å². The van der Waals surface area contributed by atoms with Crippen molar-refractivity contribution < 1.29 is 4.79 Å². The number of carbonyl (C=O) groups excluding carboxylic acids is 1. The fraction of sp³-hybridized carbons (Fsp3) is 0.417. The van der Waals surface area contributed by atoms with Crippen LogP contribution in [0.1, 0.15) is 12.6 Å². The predicted octanol–water partition coefficient (Wildman–Crippen LogP) is 1.06. The van der Waals surface area contributed by atoms with Gasteiger partial charge in [0, 0.05) is 26.8 Å². The largest absolute Gasteiger partial charge is 0.347 e. The highest BCUT2D eigenvalue weighted by atomic mass is 79.9. The summed E-state index contributed by atoms with van der Waals surface area (Å²) in [6, 6.07) is -0.231. The van der Waals surface area contributed by atoms with E-state index in [1.807, 2.05) is 17.5 Å². The van der Waals surface area contributed by atoms with Gasteiger partial charge in [-0.1, -0.05) is 0 Å². The lowest BCUT2D eigenvalue weighted by atomic mass is 10.3. The molecule has 1 unspecified atom stereocenters. The maximum Gasteiger partial charge on any atom is 0.238 e. The van der Waals surface area contributed by atoms with Crippen LogP contribution in [0.2, 0.25) is 0 Å². The van der Waals surface area contributed by atoms with Crippen molar-refractivity contribution in [2.24, 2.45) is 0 Å². The van der Waals surface area contributed by atoms with E-state index in [4.69, 9.17) is 0 Å². The van der Waals surface area contributed by atoms with Crippen molar-refractivity contribution in [3.8, 4) is 0 Å². The van der Waals surface area contributed by atoms with Crippen LogP contribution in [-0.4, -0.2) is 45.3 Å². The zero-order chi connectivity index (χ0) is 14.0. The van der Waals surface area contributed by atoms with Crippen molar-refractivity contribution in [2.45, 2.75) is 19.5 Å². The SMILES string of the molecule is CC(NCc1cnc2cnc(Br)cn12)C(=O)N(C)C. The predicted molar refractivity (Wildman–Crippen MR) is 75.7 cm³/mol. The van der Waals surface area contributed by atoms with Gasteiger partial charge in [0.25, 0.3) is 0 Å². The molecular weight excluding hydrogens is 310 g/mol. The number of hydrogen-bond donors (Lipinski definition) is 1. The average molecular weight is 326 g/mol. The number of nitrogens with zero attached hydrogens (tertiary/aromatic N) is 4. The van der Waals surface area contributed by atoms with E-state index in [1.54, 1.807) is 31.4 Å². The Morgan fingerprint density at radius 2 is 2.21 bits per heavy atom. The van der Waals surface area contributed by atoms with Crippen LogP contribution in [0.15, 0.2) is 23.2 Å². The number of carbonyl (C=O) groups is 1. The number of hydrogen-bond acceptors (Lipinski definition) is 4. The Balaban J connectivity index is 2.10. The molecule has 102 valence electrons. The maximum atomic E-state index is 11.7. The molecule has 0 saturated heterocycles. The van der Waals surface area contributed by atoms with E-state index in [0.717, 1.165) is 15.9 Å². The Morgan fingerprint density at radius 3 is 2.89 bits per heavy atom. The topological polar surface area (TPSA) is 62.5 Å². The molecule has 0 fully saturated rings. The minimum atomic E-state index is -0.231. The normalized spacial score (nSPS) is 12.6. The molecule has 1 amide bonds. The van der Waals surface area contributed by atoms with Gasteiger partial charge in [-0.25, -0.2) is 9.97 Å².